The Labute approximate surface area is 121 Å². The van der Waals surface area contributed by atoms with E-state index in [-0.39, 0.29) is 5.54 Å². The second kappa shape index (κ2) is 4.88. The van der Waals surface area contributed by atoms with Gasteiger partial charge in [0.1, 0.15) is 0 Å². The normalized spacial score (nSPS) is 18.7. The van der Waals surface area contributed by atoms with Crippen LogP contribution in [0.4, 0.5) is 18.9 Å². The number of alkyl halides is 3. The Bertz CT molecular complexity index is 618. The summed E-state index contributed by atoms with van der Waals surface area (Å²) in [6.07, 6.45) is 0. The number of nitrogens with two attached hydrogens (primary N) is 1. The molecule has 0 bridgehead atoms. The van der Waals surface area contributed by atoms with Gasteiger partial charge in [0.15, 0.2) is 0 Å². The van der Waals surface area contributed by atoms with Gasteiger partial charge in [-0.2, -0.15) is 13.2 Å². The van der Waals surface area contributed by atoms with Gasteiger partial charge in [-0.25, -0.2) is 8.42 Å². The number of rotatable bonds is 3. The fourth-order valence-corrected chi connectivity index (χ4v) is 2.94. The molecule has 8 heteroatoms. The highest BCUT2D eigenvalue weighted by Crippen LogP contribution is 2.34. The number of halogens is 3. The Hall–Kier alpha value is -1.28. The number of nitrogens with zero attached hydrogens (tertiary/aromatic N) is 1. The van der Waals surface area contributed by atoms with Crippen LogP contribution >= 0.6 is 0 Å². The number of sulfone groups is 1. The second-order valence-corrected chi connectivity index (χ2v) is 7.63. The molecule has 1 saturated heterocycles. The van der Waals surface area contributed by atoms with Gasteiger partial charge in [-0.3, -0.25) is 0 Å². The van der Waals surface area contributed by atoms with Crippen LogP contribution in [0.25, 0.3) is 0 Å². The third-order valence-electron chi connectivity index (χ3n) is 3.94. The summed E-state index contributed by atoms with van der Waals surface area (Å²) in [5.41, 5.74) is 1.22. The SMILES string of the molecule is CC(C)C1(N)CN(c2ccc(S(=O)(=O)C(F)(F)F)cc2)C1. The topological polar surface area (TPSA) is 63.4 Å². The van der Waals surface area contributed by atoms with Crippen LogP contribution in [0.3, 0.4) is 0 Å². The summed E-state index contributed by atoms with van der Waals surface area (Å²) in [6, 6.07) is 4.70. The van der Waals surface area contributed by atoms with Gasteiger partial charge in [0, 0.05) is 18.8 Å². The number of hydrogen-bond acceptors (Lipinski definition) is 4. The highest BCUT2D eigenvalue weighted by molar-refractivity contribution is 7.92. The van der Waals surface area contributed by atoms with Crippen LogP contribution in [-0.4, -0.2) is 32.6 Å². The monoisotopic (exact) mass is 322 g/mol. The predicted molar refractivity (Wildman–Crippen MR) is 73.7 cm³/mol. The first-order chi connectivity index (χ1) is 9.47. The molecule has 0 saturated carbocycles. The summed E-state index contributed by atoms with van der Waals surface area (Å²) in [5.74, 6) is 0.290. The highest BCUT2D eigenvalue weighted by Gasteiger charge is 2.47. The molecule has 1 aliphatic heterocycles. The number of benzene rings is 1. The van der Waals surface area contributed by atoms with Gasteiger partial charge >= 0.3 is 5.51 Å². The van der Waals surface area contributed by atoms with Crippen LogP contribution in [0, 0.1) is 5.92 Å². The molecule has 2 rings (SSSR count). The van der Waals surface area contributed by atoms with Crippen molar-refractivity contribution in [2.75, 3.05) is 18.0 Å². The molecule has 0 unspecified atom stereocenters. The molecule has 1 heterocycles. The molecule has 118 valence electrons. The zero-order chi connectivity index (χ0) is 16.1. The third-order valence-corrected chi connectivity index (χ3v) is 5.44. The number of hydrogen-bond donors (Lipinski definition) is 1. The van der Waals surface area contributed by atoms with E-state index in [0.717, 1.165) is 12.1 Å². The Kier molecular flexibility index (Phi) is 3.74. The van der Waals surface area contributed by atoms with E-state index in [1.807, 2.05) is 18.7 Å². The lowest BCUT2D eigenvalue weighted by Gasteiger charge is -2.51. The van der Waals surface area contributed by atoms with Gasteiger partial charge in [0.05, 0.1) is 10.4 Å². The quantitative estimate of drug-likeness (QED) is 0.926. The molecule has 0 aromatic heterocycles. The standard InChI is InChI=1S/C13H17F3N2O2S/c1-9(2)12(17)7-18(8-12)10-3-5-11(6-4-10)21(19,20)13(14,15)16/h3-6,9H,7-8,17H2,1-2H3. The molecular weight excluding hydrogens is 305 g/mol. The lowest BCUT2D eigenvalue weighted by molar-refractivity contribution is -0.0436. The smallest absolute Gasteiger partial charge is 0.368 e. The molecule has 1 aromatic rings. The first-order valence-electron chi connectivity index (χ1n) is 6.43. The minimum Gasteiger partial charge on any atom is -0.368 e. The highest BCUT2D eigenvalue weighted by atomic mass is 32.2. The molecule has 0 radical (unpaired) electrons. The molecule has 0 aliphatic carbocycles. The first kappa shape index (κ1) is 16.1. The Balaban J connectivity index is 2.16. The van der Waals surface area contributed by atoms with Crippen LogP contribution in [0.1, 0.15) is 13.8 Å². The van der Waals surface area contributed by atoms with E-state index < -0.39 is 20.2 Å². The second-order valence-electron chi connectivity index (χ2n) is 5.69. The maximum atomic E-state index is 12.4. The van der Waals surface area contributed by atoms with Gasteiger partial charge in [-0.15, -0.1) is 0 Å². The van der Waals surface area contributed by atoms with Gasteiger partial charge in [0.25, 0.3) is 9.84 Å². The zero-order valence-corrected chi connectivity index (χ0v) is 12.5. The Morgan fingerprint density at radius 2 is 1.67 bits per heavy atom. The van der Waals surface area contributed by atoms with Crippen molar-refractivity contribution < 1.29 is 21.6 Å². The minimum absolute atomic E-state index is 0.290. The fourth-order valence-electron chi connectivity index (χ4n) is 2.18. The zero-order valence-electron chi connectivity index (χ0n) is 11.7. The maximum Gasteiger partial charge on any atom is 0.501 e. The lowest BCUT2D eigenvalue weighted by atomic mass is 9.80. The minimum atomic E-state index is -5.29. The summed E-state index contributed by atoms with van der Waals surface area (Å²) in [6.45, 7) is 5.21. The van der Waals surface area contributed by atoms with Crippen LogP contribution in [-0.2, 0) is 9.84 Å². The van der Waals surface area contributed by atoms with Crippen LogP contribution in [0.15, 0.2) is 29.2 Å². The molecular formula is C13H17F3N2O2S. The van der Waals surface area contributed by atoms with Crippen molar-refractivity contribution in [2.45, 2.75) is 29.8 Å². The van der Waals surface area contributed by atoms with E-state index in [9.17, 15) is 21.6 Å². The summed E-state index contributed by atoms with van der Waals surface area (Å²) < 4.78 is 59.8. The van der Waals surface area contributed by atoms with Crippen LogP contribution in [0.5, 0.6) is 0 Å². The van der Waals surface area contributed by atoms with Crippen LogP contribution in [0.2, 0.25) is 0 Å². The largest absolute Gasteiger partial charge is 0.501 e. The van der Waals surface area contributed by atoms with Crippen molar-refractivity contribution >= 4 is 15.5 Å². The molecule has 0 amide bonds. The molecule has 0 spiro atoms. The predicted octanol–water partition coefficient (Wildman–Crippen LogP) is 2.15. The van der Waals surface area contributed by atoms with E-state index in [1.54, 1.807) is 0 Å². The van der Waals surface area contributed by atoms with Crippen molar-refractivity contribution in [2.24, 2.45) is 11.7 Å². The van der Waals surface area contributed by atoms with Crippen molar-refractivity contribution in [1.82, 2.24) is 0 Å². The van der Waals surface area contributed by atoms with E-state index in [1.165, 1.54) is 12.1 Å². The molecule has 4 nitrogen and oxygen atoms in total. The van der Waals surface area contributed by atoms with E-state index >= 15 is 0 Å². The summed E-state index contributed by atoms with van der Waals surface area (Å²) in [5, 5.41) is 0. The van der Waals surface area contributed by atoms with Gasteiger partial charge in [-0.1, -0.05) is 13.8 Å². The first-order valence-corrected chi connectivity index (χ1v) is 7.91. The average Bonchev–Trinajstić information content (AvgIpc) is 2.33. The Morgan fingerprint density at radius 1 is 1.19 bits per heavy atom. The molecule has 21 heavy (non-hydrogen) atoms. The lowest BCUT2D eigenvalue weighted by Crippen LogP contribution is -2.70. The fraction of sp³-hybridized carbons (Fsp3) is 0.538. The van der Waals surface area contributed by atoms with Crippen molar-refractivity contribution in [3.8, 4) is 0 Å². The van der Waals surface area contributed by atoms with E-state index in [0.29, 0.717) is 24.7 Å². The van der Waals surface area contributed by atoms with E-state index in [2.05, 4.69) is 0 Å². The number of anilines is 1. The molecule has 2 N–H and O–H groups in total. The average molecular weight is 322 g/mol. The van der Waals surface area contributed by atoms with E-state index in [4.69, 9.17) is 5.73 Å². The molecule has 1 aliphatic rings. The van der Waals surface area contributed by atoms with Crippen molar-refractivity contribution in [1.29, 1.82) is 0 Å². The van der Waals surface area contributed by atoms with Gasteiger partial charge < -0.3 is 10.6 Å². The summed E-state index contributed by atoms with van der Waals surface area (Å²) in [7, 11) is -5.29. The summed E-state index contributed by atoms with van der Waals surface area (Å²) >= 11 is 0. The van der Waals surface area contributed by atoms with Gasteiger partial charge in [-0.05, 0) is 30.2 Å². The maximum absolute atomic E-state index is 12.4. The molecule has 1 fully saturated rings. The van der Waals surface area contributed by atoms with Crippen LogP contribution < -0.4 is 10.6 Å². The summed E-state index contributed by atoms with van der Waals surface area (Å²) in [4.78, 5) is 1.16. The molecule has 0 atom stereocenters. The third kappa shape index (κ3) is 2.74. The molecule has 1 aromatic carbocycles. The van der Waals surface area contributed by atoms with Gasteiger partial charge in [0.2, 0.25) is 0 Å². The Morgan fingerprint density at radius 3 is 2.05 bits per heavy atom. The van der Waals surface area contributed by atoms with Crippen molar-refractivity contribution in [3.05, 3.63) is 24.3 Å². The van der Waals surface area contributed by atoms with Crippen molar-refractivity contribution in [3.63, 3.8) is 0 Å².